The topological polar surface area (TPSA) is 65.5 Å². The Hall–Kier alpha value is -1.11. The molecule has 2 N–H and O–H groups in total. The molecule has 6 heteroatoms. The van der Waals surface area contributed by atoms with E-state index in [4.69, 9.17) is 15.2 Å². The molecular weight excluding hydrogens is 268 g/mol. The van der Waals surface area contributed by atoms with E-state index in [9.17, 15) is 0 Å². The van der Waals surface area contributed by atoms with Gasteiger partial charge in [0.2, 0.25) is 5.88 Å². The van der Waals surface area contributed by atoms with Crippen molar-refractivity contribution < 1.29 is 9.47 Å². The average molecular weight is 296 g/mol. The van der Waals surface area contributed by atoms with E-state index in [2.05, 4.69) is 17.0 Å². The van der Waals surface area contributed by atoms with Crippen LogP contribution in [0.3, 0.4) is 0 Å². The average Bonchev–Trinajstić information content (AvgIpc) is 3.22. The number of rotatable bonds is 9. The molecule has 1 atom stereocenters. The zero-order valence-corrected chi connectivity index (χ0v) is 13.6. The van der Waals surface area contributed by atoms with Gasteiger partial charge in [-0.2, -0.15) is 5.10 Å². The Morgan fingerprint density at radius 3 is 2.76 bits per heavy atom. The van der Waals surface area contributed by atoms with Gasteiger partial charge in [-0.3, -0.25) is 4.90 Å². The van der Waals surface area contributed by atoms with Crippen molar-refractivity contribution >= 4 is 0 Å². The number of aromatic nitrogens is 2. The molecule has 1 aliphatic rings. The predicted molar refractivity (Wildman–Crippen MR) is 82.5 cm³/mol. The summed E-state index contributed by atoms with van der Waals surface area (Å²) < 4.78 is 13.0. The highest BCUT2D eigenvalue weighted by atomic mass is 16.5. The minimum absolute atomic E-state index is 0.0955. The minimum atomic E-state index is 0.0955. The third-order valence-corrected chi connectivity index (χ3v) is 4.13. The van der Waals surface area contributed by atoms with Crippen molar-refractivity contribution in [1.29, 1.82) is 0 Å². The van der Waals surface area contributed by atoms with Gasteiger partial charge in [0, 0.05) is 26.7 Å². The molecule has 0 bridgehead atoms. The van der Waals surface area contributed by atoms with E-state index in [-0.39, 0.29) is 6.04 Å². The Bertz CT molecular complexity index is 457. The zero-order valence-electron chi connectivity index (χ0n) is 13.6. The summed E-state index contributed by atoms with van der Waals surface area (Å²) in [5, 5.41) is 4.44. The maximum Gasteiger partial charge on any atom is 0.216 e. The first-order valence-electron chi connectivity index (χ1n) is 7.64. The molecule has 0 saturated heterocycles. The summed E-state index contributed by atoms with van der Waals surface area (Å²) in [6.07, 6.45) is 2.65. The molecule has 1 aliphatic carbocycles. The SMILES string of the molecule is COc1c(C(CN)N(C)CCOCC2CC2)c(C)nn1C. The van der Waals surface area contributed by atoms with Crippen LogP contribution in [0.15, 0.2) is 0 Å². The van der Waals surface area contributed by atoms with Gasteiger partial charge in [-0.05, 0) is 32.7 Å². The Balaban J connectivity index is 1.96. The molecule has 1 aromatic rings. The van der Waals surface area contributed by atoms with E-state index in [1.165, 1.54) is 12.8 Å². The molecule has 120 valence electrons. The van der Waals surface area contributed by atoms with Crippen LogP contribution in [0.5, 0.6) is 5.88 Å². The van der Waals surface area contributed by atoms with E-state index in [0.717, 1.165) is 42.8 Å². The van der Waals surface area contributed by atoms with Crippen molar-refractivity contribution in [2.45, 2.75) is 25.8 Å². The van der Waals surface area contributed by atoms with Crippen LogP contribution in [0.1, 0.15) is 30.1 Å². The highest BCUT2D eigenvalue weighted by molar-refractivity contribution is 5.34. The summed E-state index contributed by atoms with van der Waals surface area (Å²) >= 11 is 0. The van der Waals surface area contributed by atoms with Crippen LogP contribution in [0.4, 0.5) is 0 Å². The molecule has 1 fully saturated rings. The van der Waals surface area contributed by atoms with Crippen LogP contribution in [0, 0.1) is 12.8 Å². The smallest absolute Gasteiger partial charge is 0.216 e. The molecule has 0 radical (unpaired) electrons. The molecule has 0 aliphatic heterocycles. The second kappa shape index (κ2) is 7.24. The number of hydrogen-bond donors (Lipinski definition) is 1. The van der Waals surface area contributed by atoms with E-state index < -0.39 is 0 Å². The van der Waals surface area contributed by atoms with Gasteiger partial charge in [0.25, 0.3) is 0 Å². The second-order valence-corrected chi connectivity index (χ2v) is 5.88. The molecule has 1 unspecified atom stereocenters. The Kier molecular flexibility index (Phi) is 5.61. The summed E-state index contributed by atoms with van der Waals surface area (Å²) in [6, 6.07) is 0.0955. The standard InChI is InChI=1S/C15H28N4O2/c1-11-14(15(20-4)19(3)17-11)13(9-16)18(2)7-8-21-10-12-5-6-12/h12-13H,5-10,16H2,1-4H3. The monoisotopic (exact) mass is 296 g/mol. The zero-order chi connectivity index (χ0) is 15.4. The van der Waals surface area contributed by atoms with E-state index in [0.29, 0.717) is 6.54 Å². The molecular formula is C15H28N4O2. The summed E-state index contributed by atoms with van der Waals surface area (Å²) in [5.74, 6) is 1.59. The van der Waals surface area contributed by atoms with Crippen molar-refractivity contribution in [3.63, 3.8) is 0 Å². The number of methoxy groups -OCH3 is 1. The van der Waals surface area contributed by atoms with Crippen molar-refractivity contribution in [3.8, 4) is 5.88 Å². The van der Waals surface area contributed by atoms with E-state index in [1.54, 1.807) is 11.8 Å². The van der Waals surface area contributed by atoms with Crippen molar-refractivity contribution in [3.05, 3.63) is 11.3 Å². The quantitative estimate of drug-likeness (QED) is 0.691. The summed E-state index contributed by atoms with van der Waals surface area (Å²) in [6.45, 7) is 5.02. The van der Waals surface area contributed by atoms with Crippen molar-refractivity contribution in [2.24, 2.45) is 18.7 Å². The van der Waals surface area contributed by atoms with Gasteiger partial charge in [0.1, 0.15) is 0 Å². The summed E-state index contributed by atoms with van der Waals surface area (Å²) in [4.78, 5) is 2.22. The van der Waals surface area contributed by atoms with Gasteiger partial charge in [-0.15, -0.1) is 0 Å². The molecule has 0 aromatic carbocycles. The Labute approximate surface area is 127 Å². The molecule has 0 amide bonds. The molecule has 1 heterocycles. The van der Waals surface area contributed by atoms with Crippen LogP contribution in [0.2, 0.25) is 0 Å². The van der Waals surface area contributed by atoms with Gasteiger partial charge in [-0.25, -0.2) is 4.68 Å². The Morgan fingerprint density at radius 1 is 1.48 bits per heavy atom. The first-order chi connectivity index (χ1) is 10.1. The van der Waals surface area contributed by atoms with Gasteiger partial charge in [-0.1, -0.05) is 0 Å². The number of nitrogens with two attached hydrogens (primary N) is 1. The highest BCUT2D eigenvalue weighted by Gasteiger charge is 2.26. The first kappa shape index (κ1) is 16.3. The summed E-state index contributed by atoms with van der Waals surface area (Å²) in [7, 11) is 5.64. The lowest BCUT2D eigenvalue weighted by Gasteiger charge is -2.27. The largest absolute Gasteiger partial charge is 0.481 e. The Morgan fingerprint density at radius 2 is 2.19 bits per heavy atom. The number of aryl methyl sites for hydroxylation is 2. The van der Waals surface area contributed by atoms with Gasteiger partial charge in [0.15, 0.2) is 0 Å². The van der Waals surface area contributed by atoms with Crippen molar-refractivity contribution in [1.82, 2.24) is 14.7 Å². The number of ether oxygens (including phenoxy) is 2. The molecule has 6 nitrogen and oxygen atoms in total. The fraction of sp³-hybridized carbons (Fsp3) is 0.800. The number of nitrogens with zero attached hydrogens (tertiary/aromatic N) is 3. The maximum absolute atomic E-state index is 5.99. The lowest BCUT2D eigenvalue weighted by atomic mass is 10.1. The van der Waals surface area contributed by atoms with Gasteiger partial charge < -0.3 is 15.2 Å². The fourth-order valence-electron chi connectivity index (χ4n) is 2.70. The van der Waals surface area contributed by atoms with Crippen LogP contribution < -0.4 is 10.5 Å². The highest BCUT2D eigenvalue weighted by Crippen LogP contribution is 2.31. The van der Waals surface area contributed by atoms with Crippen molar-refractivity contribution in [2.75, 3.05) is 40.5 Å². The van der Waals surface area contributed by atoms with Crippen LogP contribution in [-0.2, 0) is 11.8 Å². The van der Waals surface area contributed by atoms with E-state index >= 15 is 0 Å². The fourth-order valence-corrected chi connectivity index (χ4v) is 2.70. The molecule has 1 aromatic heterocycles. The van der Waals surface area contributed by atoms with Gasteiger partial charge in [0.05, 0.1) is 31.0 Å². The molecule has 21 heavy (non-hydrogen) atoms. The maximum atomic E-state index is 5.99. The third kappa shape index (κ3) is 3.96. The lowest BCUT2D eigenvalue weighted by Crippen LogP contribution is -2.33. The predicted octanol–water partition coefficient (Wildman–Crippen LogP) is 1.10. The summed E-state index contributed by atoms with van der Waals surface area (Å²) in [5.41, 5.74) is 8.04. The van der Waals surface area contributed by atoms with Crippen LogP contribution in [-0.4, -0.2) is 55.1 Å². The number of likely N-dealkylation sites (N-methyl/N-ethyl adjacent to an activating group) is 1. The molecule has 2 rings (SSSR count). The lowest BCUT2D eigenvalue weighted by molar-refractivity contribution is 0.0917. The molecule has 0 spiro atoms. The third-order valence-electron chi connectivity index (χ3n) is 4.13. The minimum Gasteiger partial charge on any atom is -0.481 e. The normalized spacial score (nSPS) is 16.5. The first-order valence-corrected chi connectivity index (χ1v) is 7.64. The van der Waals surface area contributed by atoms with Gasteiger partial charge >= 0.3 is 0 Å². The van der Waals surface area contributed by atoms with E-state index in [1.807, 2.05) is 14.0 Å². The number of hydrogen-bond acceptors (Lipinski definition) is 5. The van der Waals surface area contributed by atoms with Crippen LogP contribution in [0.25, 0.3) is 0 Å². The van der Waals surface area contributed by atoms with Crippen LogP contribution >= 0.6 is 0 Å². The molecule has 1 saturated carbocycles. The second-order valence-electron chi connectivity index (χ2n) is 5.88.